The first-order chi connectivity index (χ1) is 10.5. The fraction of sp³-hybridized carbons (Fsp3) is 0.0625. The van der Waals surface area contributed by atoms with E-state index in [1.807, 2.05) is 0 Å². The molecule has 0 aliphatic rings. The number of carbonyl (C=O) groups excluding carboxylic acids is 2. The molecule has 0 radical (unpaired) electrons. The van der Waals surface area contributed by atoms with Crippen LogP contribution in [0.15, 0.2) is 46.9 Å². The van der Waals surface area contributed by atoms with Crippen molar-refractivity contribution in [1.29, 1.82) is 5.26 Å². The molecule has 1 amide bonds. The Hall–Kier alpha value is -2.16. The Labute approximate surface area is 140 Å². The van der Waals surface area contributed by atoms with E-state index in [1.54, 1.807) is 48.5 Å². The zero-order valence-corrected chi connectivity index (χ0v) is 13.6. The molecule has 0 bridgehead atoms. The van der Waals surface area contributed by atoms with Gasteiger partial charge in [0.15, 0.2) is 5.78 Å². The standard InChI is InChI=1S/C16H10BrClN2O2/c17-10-5-6-12(14(9-10)20-15(21)7-8-19)16(22)11-3-1-2-4-13(11)18/h1-6,9H,7H2,(H,20,21). The maximum atomic E-state index is 12.6. The molecule has 0 fully saturated rings. The van der Waals surface area contributed by atoms with Crippen LogP contribution in [0.5, 0.6) is 0 Å². The van der Waals surface area contributed by atoms with Crippen LogP contribution >= 0.6 is 27.5 Å². The lowest BCUT2D eigenvalue weighted by atomic mass is 10.0. The smallest absolute Gasteiger partial charge is 0.238 e. The molecule has 0 saturated heterocycles. The minimum absolute atomic E-state index is 0.285. The van der Waals surface area contributed by atoms with E-state index in [4.69, 9.17) is 16.9 Å². The first-order valence-corrected chi connectivity index (χ1v) is 7.45. The van der Waals surface area contributed by atoms with E-state index in [1.165, 1.54) is 0 Å². The predicted octanol–water partition coefficient (Wildman–Crippen LogP) is 4.19. The minimum Gasteiger partial charge on any atom is -0.324 e. The third kappa shape index (κ3) is 3.73. The highest BCUT2D eigenvalue weighted by Crippen LogP contribution is 2.26. The average molecular weight is 378 g/mol. The molecule has 0 spiro atoms. The number of ketones is 1. The van der Waals surface area contributed by atoms with Crippen LogP contribution < -0.4 is 5.32 Å². The number of amides is 1. The predicted molar refractivity (Wildman–Crippen MR) is 87.9 cm³/mol. The largest absolute Gasteiger partial charge is 0.324 e. The fourth-order valence-electron chi connectivity index (χ4n) is 1.87. The molecule has 0 aliphatic carbocycles. The number of halogens is 2. The summed E-state index contributed by atoms with van der Waals surface area (Å²) in [5, 5.41) is 11.5. The number of nitrogens with zero attached hydrogens (tertiary/aromatic N) is 1. The average Bonchev–Trinajstić information content (AvgIpc) is 2.47. The molecule has 0 atom stereocenters. The molecule has 6 heteroatoms. The van der Waals surface area contributed by atoms with Crippen LogP contribution in [0.25, 0.3) is 0 Å². The number of anilines is 1. The normalized spacial score (nSPS) is 9.86. The summed E-state index contributed by atoms with van der Waals surface area (Å²) in [5.74, 6) is -0.779. The van der Waals surface area contributed by atoms with Gasteiger partial charge in [-0.15, -0.1) is 0 Å². The van der Waals surface area contributed by atoms with Gasteiger partial charge in [0.1, 0.15) is 6.42 Å². The monoisotopic (exact) mass is 376 g/mol. The first kappa shape index (κ1) is 16.2. The van der Waals surface area contributed by atoms with Gasteiger partial charge in [-0.3, -0.25) is 9.59 Å². The lowest BCUT2D eigenvalue weighted by Gasteiger charge is -2.11. The molecule has 22 heavy (non-hydrogen) atoms. The molecule has 2 aromatic rings. The van der Waals surface area contributed by atoms with Crippen molar-refractivity contribution in [3.8, 4) is 6.07 Å². The second kappa shape index (κ2) is 7.21. The van der Waals surface area contributed by atoms with E-state index in [-0.39, 0.29) is 12.2 Å². The Balaban J connectivity index is 2.43. The summed E-state index contributed by atoms with van der Waals surface area (Å²) < 4.78 is 0.704. The van der Waals surface area contributed by atoms with Crippen molar-refractivity contribution in [2.75, 3.05) is 5.32 Å². The molecule has 0 aliphatic heterocycles. The Morgan fingerprint density at radius 1 is 1.18 bits per heavy atom. The molecule has 0 saturated carbocycles. The van der Waals surface area contributed by atoms with E-state index < -0.39 is 5.91 Å². The van der Waals surface area contributed by atoms with E-state index in [0.29, 0.717) is 26.3 Å². The quantitative estimate of drug-likeness (QED) is 0.812. The lowest BCUT2D eigenvalue weighted by molar-refractivity contribution is -0.115. The van der Waals surface area contributed by atoms with Crippen LogP contribution in [-0.2, 0) is 4.79 Å². The number of hydrogen-bond acceptors (Lipinski definition) is 3. The summed E-state index contributed by atoms with van der Waals surface area (Å²) in [6.07, 6.45) is -0.285. The molecule has 0 unspecified atom stereocenters. The zero-order chi connectivity index (χ0) is 16.1. The van der Waals surface area contributed by atoms with Gasteiger partial charge >= 0.3 is 0 Å². The van der Waals surface area contributed by atoms with Gasteiger partial charge in [0.2, 0.25) is 5.91 Å². The highest BCUT2D eigenvalue weighted by Gasteiger charge is 2.17. The number of nitrogens with one attached hydrogen (secondary N) is 1. The van der Waals surface area contributed by atoms with Crippen LogP contribution in [0.4, 0.5) is 5.69 Å². The summed E-state index contributed by atoms with van der Waals surface area (Å²) in [5.41, 5.74) is 0.990. The second-order valence-electron chi connectivity index (χ2n) is 4.38. The van der Waals surface area contributed by atoms with Gasteiger partial charge in [-0.05, 0) is 30.3 Å². The van der Waals surface area contributed by atoms with Crippen LogP contribution in [0.1, 0.15) is 22.3 Å². The van der Waals surface area contributed by atoms with Gasteiger partial charge in [0.05, 0.1) is 16.8 Å². The van der Waals surface area contributed by atoms with E-state index in [0.717, 1.165) is 0 Å². The zero-order valence-electron chi connectivity index (χ0n) is 11.3. The Morgan fingerprint density at radius 2 is 1.91 bits per heavy atom. The lowest BCUT2D eigenvalue weighted by Crippen LogP contribution is -2.14. The molecular weight excluding hydrogens is 368 g/mol. The van der Waals surface area contributed by atoms with Crippen molar-refractivity contribution in [3.63, 3.8) is 0 Å². The van der Waals surface area contributed by atoms with Gasteiger partial charge in [-0.1, -0.05) is 39.7 Å². The minimum atomic E-state index is -0.478. The number of rotatable bonds is 4. The number of benzene rings is 2. The Bertz CT molecular complexity index is 784. The van der Waals surface area contributed by atoms with Crippen molar-refractivity contribution < 1.29 is 9.59 Å². The summed E-state index contributed by atoms with van der Waals surface area (Å²) in [4.78, 5) is 24.2. The molecule has 4 nitrogen and oxygen atoms in total. The molecule has 1 N–H and O–H groups in total. The van der Waals surface area contributed by atoms with Gasteiger partial charge < -0.3 is 5.32 Å². The molecule has 0 heterocycles. The first-order valence-electron chi connectivity index (χ1n) is 6.28. The highest BCUT2D eigenvalue weighted by molar-refractivity contribution is 9.10. The van der Waals surface area contributed by atoms with Crippen LogP contribution in [0.2, 0.25) is 5.02 Å². The van der Waals surface area contributed by atoms with Gasteiger partial charge in [-0.25, -0.2) is 0 Å². The van der Waals surface area contributed by atoms with Crippen LogP contribution in [0, 0.1) is 11.3 Å². The van der Waals surface area contributed by atoms with E-state index >= 15 is 0 Å². The summed E-state index contributed by atoms with van der Waals surface area (Å²) in [6, 6.07) is 13.4. The number of hydrogen-bond donors (Lipinski definition) is 1. The Morgan fingerprint density at radius 3 is 2.59 bits per heavy atom. The summed E-state index contributed by atoms with van der Waals surface area (Å²) >= 11 is 9.34. The maximum absolute atomic E-state index is 12.6. The Kier molecular flexibility index (Phi) is 5.31. The van der Waals surface area contributed by atoms with Crippen molar-refractivity contribution in [3.05, 3.63) is 63.1 Å². The van der Waals surface area contributed by atoms with Crippen molar-refractivity contribution >= 4 is 44.9 Å². The third-order valence-corrected chi connectivity index (χ3v) is 3.68. The second-order valence-corrected chi connectivity index (χ2v) is 5.70. The van der Waals surface area contributed by atoms with E-state index in [9.17, 15) is 9.59 Å². The number of nitriles is 1. The molecule has 0 aromatic heterocycles. The molecule has 2 rings (SSSR count). The highest BCUT2D eigenvalue weighted by atomic mass is 79.9. The fourth-order valence-corrected chi connectivity index (χ4v) is 2.46. The van der Waals surface area contributed by atoms with Crippen molar-refractivity contribution in [2.45, 2.75) is 6.42 Å². The van der Waals surface area contributed by atoms with Crippen molar-refractivity contribution in [2.24, 2.45) is 0 Å². The van der Waals surface area contributed by atoms with Gasteiger partial charge in [-0.2, -0.15) is 5.26 Å². The summed E-state index contributed by atoms with van der Waals surface area (Å²) in [6.45, 7) is 0. The van der Waals surface area contributed by atoms with Crippen molar-refractivity contribution in [1.82, 2.24) is 0 Å². The van der Waals surface area contributed by atoms with Crippen LogP contribution in [0.3, 0.4) is 0 Å². The molecule has 110 valence electrons. The maximum Gasteiger partial charge on any atom is 0.238 e. The van der Waals surface area contributed by atoms with Crippen LogP contribution in [-0.4, -0.2) is 11.7 Å². The van der Waals surface area contributed by atoms with Gasteiger partial charge in [0, 0.05) is 15.6 Å². The summed E-state index contributed by atoms with van der Waals surface area (Å²) in [7, 11) is 0. The molecule has 2 aromatic carbocycles. The third-order valence-electron chi connectivity index (χ3n) is 2.86. The molecular formula is C16H10BrClN2O2. The van der Waals surface area contributed by atoms with Gasteiger partial charge in [0.25, 0.3) is 0 Å². The topological polar surface area (TPSA) is 70.0 Å². The number of carbonyl (C=O) groups is 2. The van der Waals surface area contributed by atoms with E-state index in [2.05, 4.69) is 21.2 Å². The SMILES string of the molecule is N#CCC(=O)Nc1cc(Br)ccc1C(=O)c1ccccc1Cl.